The number of amides is 1. The first-order valence-corrected chi connectivity index (χ1v) is 5.15. The predicted octanol–water partition coefficient (Wildman–Crippen LogP) is -0.521. The van der Waals surface area contributed by atoms with Gasteiger partial charge in [0.25, 0.3) is 5.91 Å². The van der Waals surface area contributed by atoms with Gasteiger partial charge in [-0.15, -0.1) is 0 Å². The number of rotatable bonds is 5. The summed E-state index contributed by atoms with van der Waals surface area (Å²) in [5.74, 6) is -0.0830. The molecular formula is C9H19N3O2. The number of nitrogens with zero attached hydrogens (tertiary/aromatic N) is 1. The van der Waals surface area contributed by atoms with Gasteiger partial charge < -0.3 is 10.5 Å². The number of hydrogen-bond acceptors (Lipinski definition) is 4. The Labute approximate surface area is 84.5 Å². The van der Waals surface area contributed by atoms with Gasteiger partial charge in [-0.05, 0) is 12.8 Å². The van der Waals surface area contributed by atoms with Crippen LogP contribution in [0, 0.1) is 0 Å². The average Bonchev–Trinajstić information content (AvgIpc) is 2.20. The number of piperidine rings is 1. The zero-order valence-electron chi connectivity index (χ0n) is 8.50. The van der Waals surface area contributed by atoms with Gasteiger partial charge in [0.1, 0.15) is 6.61 Å². The molecule has 1 aliphatic rings. The summed E-state index contributed by atoms with van der Waals surface area (Å²) in [6.07, 6.45) is 3.57. The van der Waals surface area contributed by atoms with Crippen LogP contribution in [0.4, 0.5) is 0 Å². The quantitative estimate of drug-likeness (QED) is 0.587. The number of nitrogens with one attached hydrogen (secondary N) is 1. The summed E-state index contributed by atoms with van der Waals surface area (Å²) >= 11 is 0. The van der Waals surface area contributed by atoms with E-state index >= 15 is 0 Å². The molecule has 1 heterocycles. The van der Waals surface area contributed by atoms with Crippen LogP contribution in [0.5, 0.6) is 0 Å². The highest BCUT2D eigenvalue weighted by Crippen LogP contribution is 2.05. The molecule has 1 saturated heterocycles. The van der Waals surface area contributed by atoms with Gasteiger partial charge in [0.15, 0.2) is 0 Å². The summed E-state index contributed by atoms with van der Waals surface area (Å²) < 4.78 is 5.02. The second kappa shape index (κ2) is 6.75. The highest BCUT2D eigenvalue weighted by molar-refractivity contribution is 5.76. The molecule has 0 aliphatic carbocycles. The van der Waals surface area contributed by atoms with Gasteiger partial charge in [-0.25, -0.2) is 5.01 Å². The highest BCUT2D eigenvalue weighted by Gasteiger charge is 2.12. The molecule has 0 bridgehead atoms. The molecule has 0 aromatic rings. The first-order valence-electron chi connectivity index (χ1n) is 5.15. The summed E-state index contributed by atoms with van der Waals surface area (Å²) in [4.78, 5) is 11.3. The van der Waals surface area contributed by atoms with Gasteiger partial charge in [0.2, 0.25) is 0 Å². The van der Waals surface area contributed by atoms with Crippen molar-refractivity contribution in [3.05, 3.63) is 0 Å². The van der Waals surface area contributed by atoms with Crippen molar-refractivity contribution in [2.75, 3.05) is 32.8 Å². The van der Waals surface area contributed by atoms with Crippen molar-refractivity contribution in [2.45, 2.75) is 19.3 Å². The third-order valence-electron chi connectivity index (χ3n) is 2.13. The molecule has 0 unspecified atom stereocenters. The van der Waals surface area contributed by atoms with E-state index < -0.39 is 0 Å². The highest BCUT2D eigenvalue weighted by atomic mass is 16.5. The molecule has 3 N–H and O–H groups in total. The first kappa shape index (κ1) is 11.4. The Balaban J connectivity index is 2.06. The molecular weight excluding hydrogens is 182 g/mol. The van der Waals surface area contributed by atoms with Crippen LogP contribution >= 0.6 is 0 Å². The fraction of sp³-hybridized carbons (Fsp3) is 0.889. The molecule has 14 heavy (non-hydrogen) atoms. The Morgan fingerprint density at radius 2 is 2.07 bits per heavy atom. The van der Waals surface area contributed by atoms with Crippen molar-refractivity contribution in [2.24, 2.45) is 5.73 Å². The van der Waals surface area contributed by atoms with E-state index in [0.717, 1.165) is 25.9 Å². The molecule has 1 amide bonds. The van der Waals surface area contributed by atoms with E-state index in [1.807, 2.05) is 5.01 Å². The smallest absolute Gasteiger partial charge is 0.260 e. The lowest BCUT2D eigenvalue weighted by atomic mass is 10.2. The van der Waals surface area contributed by atoms with E-state index in [1.54, 1.807) is 0 Å². The molecule has 1 aliphatic heterocycles. The van der Waals surface area contributed by atoms with Crippen LogP contribution in [-0.2, 0) is 9.53 Å². The van der Waals surface area contributed by atoms with Crippen molar-refractivity contribution in [3.63, 3.8) is 0 Å². The number of carbonyl (C=O) groups excluding carboxylic acids is 1. The summed E-state index contributed by atoms with van der Waals surface area (Å²) in [6.45, 7) is 2.89. The van der Waals surface area contributed by atoms with Crippen molar-refractivity contribution >= 4 is 5.91 Å². The van der Waals surface area contributed by atoms with Gasteiger partial charge in [-0.1, -0.05) is 6.42 Å². The minimum Gasteiger partial charge on any atom is -0.370 e. The molecule has 5 nitrogen and oxygen atoms in total. The minimum atomic E-state index is -0.0830. The minimum absolute atomic E-state index is 0.0830. The Morgan fingerprint density at radius 1 is 1.36 bits per heavy atom. The number of nitrogens with two attached hydrogens (primary N) is 1. The largest absolute Gasteiger partial charge is 0.370 e. The lowest BCUT2D eigenvalue weighted by molar-refractivity contribution is -0.131. The third-order valence-corrected chi connectivity index (χ3v) is 2.13. The molecule has 1 rings (SSSR count). The van der Waals surface area contributed by atoms with Gasteiger partial charge in [0, 0.05) is 19.6 Å². The molecule has 0 aromatic carbocycles. The van der Waals surface area contributed by atoms with Crippen LogP contribution in [0.15, 0.2) is 0 Å². The van der Waals surface area contributed by atoms with Gasteiger partial charge >= 0.3 is 0 Å². The fourth-order valence-electron chi connectivity index (χ4n) is 1.46. The molecule has 82 valence electrons. The lowest BCUT2D eigenvalue weighted by Crippen LogP contribution is -2.46. The second-order valence-electron chi connectivity index (χ2n) is 3.42. The van der Waals surface area contributed by atoms with Crippen LogP contribution in [-0.4, -0.2) is 43.8 Å². The van der Waals surface area contributed by atoms with E-state index in [1.165, 1.54) is 6.42 Å². The van der Waals surface area contributed by atoms with Crippen molar-refractivity contribution in [3.8, 4) is 0 Å². The molecule has 0 aromatic heterocycles. The molecule has 1 fully saturated rings. The summed E-state index contributed by atoms with van der Waals surface area (Å²) in [6, 6.07) is 0. The van der Waals surface area contributed by atoms with Crippen molar-refractivity contribution in [1.29, 1.82) is 0 Å². The standard InChI is InChI=1S/C9H19N3O2/c10-4-7-14-8-9(13)11-12-5-2-1-3-6-12/h1-8,10H2,(H,11,13). The number of carbonyl (C=O) groups is 1. The number of hydrogen-bond donors (Lipinski definition) is 2. The van der Waals surface area contributed by atoms with Crippen LogP contribution in [0.2, 0.25) is 0 Å². The van der Waals surface area contributed by atoms with E-state index in [0.29, 0.717) is 13.2 Å². The maximum absolute atomic E-state index is 11.3. The third kappa shape index (κ3) is 4.55. The number of ether oxygens (including phenoxy) is 1. The summed E-state index contributed by atoms with van der Waals surface area (Å²) in [7, 11) is 0. The van der Waals surface area contributed by atoms with E-state index in [4.69, 9.17) is 10.5 Å². The zero-order chi connectivity index (χ0) is 10.2. The van der Waals surface area contributed by atoms with Crippen LogP contribution in [0.25, 0.3) is 0 Å². The van der Waals surface area contributed by atoms with E-state index in [9.17, 15) is 4.79 Å². The molecule has 0 spiro atoms. The molecule has 5 heteroatoms. The SMILES string of the molecule is NCCOCC(=O)NN1CCCCC1. The van der Waals surface area contributed by atoms with Gasteiger partial charge in [-0.2, -0.15) is 0 Å². The Morgan fingerprint density at radius 3 is 2.71 bits per heavy atom. The zero-order valence-corrected chi connectivity index (χ0v) is 8.50. The van der Waals surface area contributed by atoms with Crippen molar-refractivity contribution < 1.29 is 9.53 Å². The summed E-state index contributed by atoms with van der Waals surface area (Å²) in [5, 5.41) is 1.96. The van der Waals surface area contributed by atoms with Crippen LogP contribution < -0.4 is 11.2 Å². The monoisotopic (exact) mass is 201 g/mol. The molecule has 0 radical (unpaired) electrons. The van der Waals surface area contributed by atoms with E-state index in [2.05, 4.69) is 5.43 Å². The van der Waals surface area contributed by atoms with Gasteiger partial charge in [0.05, 0.1) is 6.61 Å². The maximum Gasteiger partial charge on any atom is 0.260 e. The van der Waals surface area contributed by atoms with Crippen molar-refractivity contribution in [1.82, 2.24) is 10.4 Å². The lowest BCUT2D eigenvalue weighted by Gasteiger charge is -2.26. The second-order valence-corrected chi connectivity index (χ2v) is 3.42. The molecule has 0 atom stereocenters. The fourth-order valence-corrected chi connectivity index (χ4v) is 1.46. The Kier molecular flexibility index (Phi) is 5.51. The van der Waals surface area contributed by atoms with Crippen LogP contribution in [0.1, 0.15) is 19.3 Å². The number of hydrazine groups is 1. The average molecular weight is 201 g/mol. The van der Waals surface area contributed by atoms with E-state index in [-0.39, 0.29) is 12.5 Å². The predicted molar refractivity (Wildman–Crippen MR) is 53.4 cm³/mol. The summed E-state index contributed by atoms with van der Waals surface area (Å²) in [5.41, 5.74) is 8.04. The Bertz CT molecular complexity index is 169. The molecule has 0 saturated carbocycles. The first-order chi connectivity index (χ1) is 6.83. The maximum atomic E-state index is 11.3. The van der Waals surface area contributed by atoms with Crippen LogP contribution in [0.3, 0.4) is 0 Å². The normalized spacial score (nSPS) is 18.1. The van der Waals surface area contributed by atoms with Gasteiger partial charge in [-0.3, -0.25) is 10.2 Å². The Hall–Kier alpha value is -0.650. The topological polar surface area (TPSA) is 67.6 Å².